The topological polar surface area (TPSA) is 35.8 Å². The minimum atomic E-state index is 0.578. The van der Waals surface area contributed by atoms with E-state index in [1.54, 1.807) is 0 Å². The second-order valence-electron chi connectivity index (χ2n) is 5.17. The summed E-state index contributed by atoms with van der Waals surface area (Å²) in [5.74, 6) is 0.578. The van der Waals surface area contributed by atoms with E-state index in [1.807, 2.05) is 0 Å². The molecule has 0 amide bonds. The zero-order chi connectivity index (χ0) is 13.0. The minimum absolute atomic E-state index is 0.578. The Bertz CT molecular complexity index is 475. The molecular formula is C16H20N2. The summed E-state index contributed by atoms with van der Waals surface area (Å²) < 4.78 is 0. The average molecular weight is 240 g/mol. The van der Waals surface area contributed by atoms with Gasteiger partial charge in [-0.2, -0.15) is 5.26 Å². The van der Waals surface area contributed by atoms with Crippen molar-refractivity contribution in [3.63, 3.8) is 0 Å². The standard InChI is InChI=1S/C16H20N2/c1-12(2)14-8-6-13(7-9-14)11-18-16-5-3-4-15(16)10-17/h6-9,12,18H,3-5,11H2,1-2H3. The molecule has 2 rings (SSSR count). The lowest BCUT2D eigenvalue weighted by molar-refractivity contribution is 0.760. The van der Waals surface area contributed by atoms with E-state index in [1.165, 1.54) is 11.1 Å². The van der Waals surface area contributed by atoms with Crippen LogP contribution in [0, 0.1) is 11.3 Å². The van der Waals surface area contributed by atoms with E-state index >= 15 is 0 Å². The fourth-order valence-corrected chi connectivity index (χ4v) is 2.29. The molecule has 1 aliphatic carbocycles. The third kappa shape index (κ3) is 2.92. The van der Waals surface area contributed by atoms with E-state index in [-0.39, 0.29) is 0 Å². The van der Waals surface area contributed by atoms with Crippen molar-refractivity contribution in [1.82, 2.24) is 5.32 Å². The second-order valence-corrected chi connectivity index (χ2v) is 5.17. The van der Waals surface area contributed by atoms with Crippen molar-refractivity contribution in [2.24, 2.45) is 0 Å². The van der Waals surface area contributed by atoms with Crippen LogP contribution in [0.5, 0.6) is 0 Å². The zero-order valence-corrected chi connectivity index (χ0v) is 11.2. The van der Waals surface area contributed by atoms with E-state index in [2.05, 4.69) is 49.5 Å². The van der Waals surface area contributed by atoms with Crippen molar-refractivity contribution < 1.29 is 0 Å². The van der Waals surface area contributed by atoms with E-state index in [0.717, 1.165) is 37.1 Å². The van der Waals surface area contributed by atoms with E-state index in [9.17, 15) is 0 Å². The molecule has 2 nitrogen and oxygen atoms in total. The minimum Gasteiger partial charge on any atom is -0.383 e. The van der Waals surface area contributed by atoms with Crippen molar-refractivity contribution in [2.45, 2.75) is 45.6 Å². The number of benzene rings is 1. The summed E-state index contributed by atoms with van der Waals surface area (Å²) in [7, 11) is 0. The van der Waals surface area contributed by atoms with E-state index < -0.39 is 0 Å². The monoisotopic (exact) mass is 240 g/mol. The highest BCUT2D eigenvalue weighted by molar-refractivity contribution is 5.31. The van der Waals surface area contributed by atoms with E-state index in [4.69, 9.17) is 5.26 Å². The summed E-state index contributed by atoms with van der Waals surface area (Å²) >= 11 is 0. The summed E-state index contributed by atoms with van der Waals surface area (Å²) in [5.41, 5.74) is 4.73. The molecule has 0 atom stereocenters. The average Bonchev–Trinajstić information content (AvgIpc) is 2.84. The maximum atomic E-state index is 8.98. The lowest BCUT2D eigenvalue weighted by Crippen LogP contribution is -2.12. The van der Waals surface area contributed by atoms with Crippen LogP contribution in [0.2, 0.25) is 0 Å². The van der Waals surface area contributed by atoms with Crippen LogP contribution in [0.1, 0.15) is 50.2 Å². The third-order valence-electron chi connectivity index (χ3n) is 3.51. The number of nitrogens with zero attached hydrogens (tertiary/aromatic N) is 1. The highest BCUT2D eigenvalue weighted by Crippen LogP contribution is 2.23. The maximum absolute atomic E-state index is 8.98. The molecule has 0 unspecified atom stereocenters. The number of hydrogen-bond donors (Lipinski definition) is 1. The summed E-state index contributed by atoms with van der Waals surface area (Å²) in [4.78, 5) is 0. The number of rotatable bonds is 4. The predicted molar refractivity (Wildman–Crippen MR) is 73.9 cm³/mol. The molecule has 18 heavy (non-hydrogen) atoms. The molecule has 0 saturated heterocycles. The van der Waals surface area contributed by atoms with Gasteiger partial charge in [-0.3, -0.25) is 0 Å². The first kappa shape index (κ1) is 12.7. The first-order chi connectivity index (χ1) is 8.70. The van der Waals surface area contributed by atoms with Gasteiger partial charge in [0.2, 0.25) is 0 Å². The molecule has 2 heteroatoms. The van der Waals surface area contributed by atoms with Crippen molar-refractivity contribution in [2.75, 3.05) is 0 Å². The number of allylic oxidation sites excluding steroid dienone is 2. The van der Waals surface area contributed by atoms with Crippen LogP contribution in [-0.2, 0) is 6.54 Å². The molecule has 94 valence electrons. The molecule has 0 heterocycles. The number of nitrogens with one attached hydrogen (secondary N) is 1. The Morgan fingerprint density at radius 2 is 1.94 bits per heavy atom. The second kappa shape index (κ2) is 5.73. The largest absolute Gasteiger partial charge is 0.383 e. The van der Waals surface area contributed by atoms with Gasteiger partial charge in [-0.05, 0) is 36.3 Å². The first-order valence-electron chi connectivity index (χ1n) is 6.65. The Labute approximate surface area is 109 Å². The summed E-state index contributed by atoms with van der Waals surface area (Å²) in [6.45, 7) is 5.23. The van der Waals surface area contributed by atoms with Crippen molar-refractivity contribution >= 4 is 0 Å². The molecule has 1 aromatic carbocycles. The first-order valence-corrected chi connectivity index (χ1v) is 6.65. The van der Waals surface area contributed by atoms with Crippen LogP contribution >= 0.6 is 0 Å². The van der Waals surface area contributed by atoms with Gasteiger partial charge in [0.25, 0.3) is 0 Å². The molecule has 0 spiro atoms. The van der Waals surface area contributed by atoms with Gasteiger partial charge >= 0.3 is 0 Å². The van der Waals surface area contributed by atoms with Gasteiger partial charge in [0.05, 0.1) is 6.07 Å². The van der Waals surface area contributed by atoms with Gasteiger partial charge in [-0.25, -0.2) is 0 Å². The molecule has 0 aromatic heterocycles. The Morgan fingerprint density at radius 3 is 2.56 bits per heavy atom. The highest BCUT2D eigenvalue weighted by atomic mass is 14.9. The summed E-state index contributed by atoms with van der Waals surface area (Å²) in [6, 6.07) is 11.0. The van der Waals surface area contributed by atoms with Crippen LogP contribution in [0.3, 0.4) is 0 Å². The van der Waals surface area contributed by atoms with Crippen molar-refractivity contribution in [3.8, 4) is 6.07 Å². The third-order valence-corrected chi connectivity index (χ3v) is 3.51. The SMILES string of the molecule is CC(C)c1ccc(CNC2=C(C#N)CCC2)cc1. The van der Waals surface area contributed by atoms with Crippen molar-refractivity contribution in [1.29, 1.82) is 5.26 Å². The lowest BCUT2D eigenvalue weighted by Gasteiger charge is -2.10. The molecular weight excluding hydrogens is 220 g/mol. The normalized spacial score (nSPS) is 15.0. The van der Waals surface area contributed by atoms with Crippen LogP contribution < -0.4 is 5.32 Å². The predicted octanol–water partition coefficient (Wildman–Crippen LogP) is 3.86. The Balaban J connectivity index is 1.97. The molecule has 0 fully saturated rings. The molecule has 0 saturated carbocycles. The van der Waals surface area contributed by atoms with Gasteiger partial charge in [-0.1, -0.05) is 38.1 Å². The molecule has 1 aliphatic rings. The maximum Gasteiger partial charge on any atom is 0.0965 e. The number of nitriles is 1. The Hall–Kier alpha value is -1.75. The van der Waals surface area contributed by atoms with Crippen LogP contribution in [-0.4, -0.2) is 0 Å². The summed E-state index contributed by atoms with van der Waals surface area (Å²) in [5, 5.41) is 12.4. The smallest absolute Gasteiger partial charge is 0.0965 e. The van der Waals surface area contributed by atoms with Gasteiger partial charge in [0, 0.05) is 17.8 Å². The summed E-state index contributed by atoms with van der Waals surface area (Å²) in [6.07, 6.45) is 3.07. The molecule has 0 bridgehead atoms. The van der Waals surface area contributed by atoms with Crippen molar-refractivity contribution in [3.05, 3.63) is 46.7 Å². The molecule has 0 aliphatic heterocycles. The number of hydrogen-bond acceptors (Lipinski definition) is 2. The molecule has 0 radical (unpaired) electrons. The molecule has 1 aromatic rings. The highest BCUT2D eigenvalue weighted by Gasteiger charge is 2.13. The quantitative estimate of drug-likeness (QED) is 0.867. The van der Waals surface area contributed by atoms with Gasteiger partial charge in [-0.15, -0.1) is 0 Å². The van der Waals surface area contributed by atoms with Crippen LogP contribution in [0.4, 0.5) is 0 Å². The fourth-order valence-electron chi connectivity index (χ4n) is 2.29. The van der Waals surface area contributed by atoms with Gasteiger partial charge in [0.15, 0.2) is 0 Å². The molecule has 1 N–H and O–H groups in total. The van der Waals surface area contributed by atoms with Crippen LogP contribution in [0.25, 0.3) is 0 Å². The Kier molecular flexibility index (Phi) is 4.04. The van der Waals surface area contributed by atoms with Gasteiger partial charge < -0.3 is 5.32 Å². The van der Waals surface area contributed by atoms with Gasteiger partial charge in [0.1, 0.15) is 0 Å². The van der Waals surface area contributed by atoms with Crippen LogP contribution in [0.15, 0.2) is 35.5 Å². The zero-order valence-electron chi connectivity index (χ0n) is 11.2. The van der Waals surface area contributed by atoms with E-state index in [0.29, 0.717) is 5.92 Å². The Morgan fingerprint density at radius 1 is 1.22 bits per heavy atom. The lowest BCUT2D eigenvalue weighted by atomic mass is 10.0. The fraction of sp³-hybridized carbons (Fsp3) is 0.438.